The zero-order chi connectivity index (χ0) is 11.3. The molecule has 1 aromatic rings. The molecule has 0 fully saturated rings. The molecule has 0 N–H and O–H groups in total. The van der Waals surface area contributed by atoms with Gasteiger partial charge in [0.1, 0.15) is 0 Å². The maximum absolute atomic E-state index is 2.99. The van der Waals surface area contributed by atoms with E-state index in [2.05, 4.69) is 30.4 Å². The number of benzene rings is 1. The van der Waals surface area contributed by atoms with E-state index in [1.165, 1.54) is 0 Å². The summed E-state index contributed by atoms with van der Waals surface area (Å²) >= 11 is 0. The summed E-state index contributed by atoms with van der Waals surface area (Å²) in [6.45, 7) is 0. The average molecular weight is 332 g/mol. The molecule has 0 unspecified atom stereocenters. The van der Waals surface area contributed by atoms with E-state index in [1.54, 1.807) is 0 Å². The van der Waals surface area contributed by atoms with E-state index < -0.39 is 0 Å². The van der Waals surface area contributed by atoms with Gasteiger partial charge in [-0.25, -0.2) is 24.3 Å². The van der Waals surface area contributed by atoms with Gasteiger partial charge in [-0.2, -0.15) is 48.6 Å². The molecule has 2 aliphatic rings. The SMILES string of the molecule is [C-]1=CC=CC1.[C-]1=CC=CC1.[SH-].[Zr+4].[c-]1ccccc1. The van der Waals surface area contributed by atoms with Gasteiger partial charge in [0, 0.05) is 0 Å². The van der Waals surface area contributed by atoms with Crippen LogP contribution in [-0.2, 0) is 39.7 Å². The molecule has 0 radical (unpaired) electrons. The molecule has 0 saturated carbocycles. The molecule has 2 heteroatoms. The standard InChI is InChI=1S/C6H5.2C5H5.H2S.Zr/c1-2-4-6-5-3-1;2*1-2-4-5-3-1;;/h1-5H;2*1-3H,4H2;1H2;/q3*-1;;+4/p-1. The Morgan fingerprint density at radius 3 is 1.33 bits per heavy atom. The minimum Gasteiger partial charge on any atom is -0.813 e. The van der Waals surface area contributed by atoms with Crippen molar-refractivity contribution in [1.82, 2.24) is 0 Å². The van der Waals surface area contributed by atoms with E-state index in [1.807, 2.05) is 54.6 Å². The van der Waals surface area contributed by atoms with Gasteiger partial charge in [0.05, 0.1) is 0 Å². The van der Waals surface area contributed by atoms with Crippen LogP contribution in [0.25, 0.3) is 0 Å². The Kier molecular flexibility index (Phi) is 18.0. The van der Waals surface area contributed by atoms with Crippen molar-refractivity contribution in [3.63, 3.8) is 0 Å². The van der Waals surface area contributed by atoms with Crippen molar-refractivity contribution in [3.05, 3.63) is 85.0 Å². The van der Waals surface area contributed by atoms with Crippen molar-refractivity contribution in [1.29, 1.82) is 0 Å². The third-order valence-electron chi connectivity index (χ3n) is 1.78. The van der Waals surface area contributed by atoms with Gasteiger partial charge in [0.25, 0.3) is 0 Å². The second kappa shape index (κ2) is 16.4. The van der Waals surface area contributed by atoms with Gasteiger partial charge in [-0.15, -0.1) is 12.8 Å². The molecule has 3 rings (SSSR count). The van der Waals surface area contributed by atoms with Crippen LogP contribution < -0.4 is 0 Å². The van der Waals surface area contributed by atoms with Crippen LogP contribution in [0.15, 0.2) is 66.8 Å². The zero-order valence-electron chi connectivity index (χ0n) is 10.2. The van der Waals surface area contributed by atoms with Crippen molar-refractivity contribution >= 4 is 13.5 Å². The van der Waals surface area contributed by atoms with Gasteiger partial charge in [-0.1, -0.05) is 0 Å². The summed E-state index contributed by atoms with van der Waals surface area (Å²) in [4.78, 5) is 0. The van der Waals surface area contributed by atoms with Crippen LogP contribution >= 0.6 is 0 Å². The first kappa shape index (κ1) is 19.7. The monoisotopic (exact) mass is 330 g/mol. The Bertz CT molecular complexity index is 295. The molecular formula is C16H16SZr. The fourth-order valence-electron chi connectivity index (χ4n) is 1.02. The summed E-state index contributed by atoms with van der Waals surface area (Å²) in [5.41, 5.74) is 0. The molecule has 0 bridgehead atoms. The summed E-state index contributed by atoms with van der Waals surface area (Å²) in [7, 11) is 0. The van der Waals surface area contributed by atoms with Gasteiger partial charge in [-0.3, -0.25) is 12.2 Å². The molecule has 0 nitrogen and oxygen atoms in total. The summed E-state index contributed by atoms with van der Waals surface area (Å²) in [5.74, 6) is 0. The molecule has 2 aliphatic carbocycles. The summed E-state index contributed by atoms with van der Waals surface area (Å²) in [6.07, 6.45) is 20.0. The van der Waals surface area contributed by atoms with Gasteiger partial charge in [0.15, 0.2) is 0 Å². The quantitative estimate of drug-likeness (QED) is 0.395. The first-order valence-electron chi connectivity index (χ1n) is 5.34. The van der Waals surface area contributed by atoms with E-state index in [4.69, 9.17) is 0 Å². The number of thiol groups is 1. The van der Waals surface area contributed by atoms with Crippen molar-refractivity contribution in [2.75, 3.05) is 0 Å². The first-order chi connectivity index (χ1) is 8.00. The van der Waals surface area contributed by atoms with Crippen LogP contribution in [0.4, 0.5) is 0 Å². The molecule has 0 aliphatic heterocycles. The smallest absolute Gasteiger partial charge is 0.813 e. The molecular weight excluding hydrogens is 315 g/mol. The van der Waals surface area contributed by atoms with Crippen molar-refractivity contribution in [3.8, 4) is 0 Å². The topological polar surface area (TPSA) is 0 Å². The van der Waals surface area contributed by atoms with Crippen LogP contribution in [0.5, 0.6) is 0 Å². The Hall–Kier alpha value is -0.587. The van der Waals surface area contributed by atoms with Crippen molar-refractivity contribution < 1.29 is 26.2 Å². The van der Waals surface area contributed by atoms with Crippen LogP contribution in [0.3, 0.4) is 0 Å². The third kappa shape index (κ3) is 13.5. The van der Waals surface area contributed by atoms with Crippen LogP contribution in [0.2, 0.25) is 0 Å². The Labute approximate surface area is 137 Å². The van der Waals surface area contributed by atoms with Gasteiger partial charge < -0.3 is 13.5 Å². The Morgan fingerprint density at radius 1 is 0.722 bits per heavy atom. The molecule has 90 valence electrons. The van der Waals surface area contributed by atoms with Gasteiger partial charge in [-0.05, 0) is 0 Å². The fourth-order valence-corrected chi connectivity index (χ4v) is 1.02. The molecule has 0 amide bonds. The molecule has 0 atom stereocenters. The van der Waals surface area contributed by atoms with Crippen LogP contribution in [0.1, 0.15) is 12.8 Å². The van der Waals surface area contributed by atoms with E-state index in [0.29, 0.717) is 0 Å². The van der Waals surface area contributed by atoms with E-state index in [0.717, 1.165) is 12.8 Å². The molecule has 18 heavy (non-hydrogen) atoms. The van der Waals surface area contributed by atoms with Crippen LogP contribution in [-0.4, -0.2) is 0 Å². The fraction of sp³-hybridized carbons (Fsp3) is 0.125. The molecule has 0 heterocycles. The van der Waals surface area contributed by atoms with Gasteiger partial charge >= 0.3 is 26.2 Å². The predicted octanol–water partition coefficient (Wildman–Crippen LogP) is 3.83. The predicted molar refractivity (Wildman–Crippen MR) is 77.2 cm³/mol. The minimum absolute atomic E-state index is 0. The normalized spacial score (nSPS) is 12.4. The molecule has 1 aromatic carbocycles. The van der Waals surface area contributed by atoms with Crippen LogP contribution in [0, 0.1) is 18.2 Å². The Morgan fingerprint density at radius 2 is 1.22 bits per heavy atom. The van der Waals surface area contributed by atoms with E-state index >= 15 is 0 Å². The molecule has 0 spiro atoms. The number of allylic oxidation sites excluding steroid dienone is 8. The zero-order valence-corrected chi connectivity index (χ0v) is 13.6. The maximum atomic E-state index is 2.99. The average Bonchev–Trinajstić information content (AvgIpc) is 3.10. The van der Waals surface area contributed by atoms with E-state index in [9.17, 15) is 0 Å². The van der Waals surface area contributed by atoms with Crippen molar-refractivity contribution in [2.45, 2.75) is 12.8 Å². The van der Waals surface area contributed by atoms with Gasteiger partial charge in [0.2, 0.25) is 0 Å². The molecule has 0 saturated heterocycles. The maximum Gasteiger partial charge on any atom is 4.00 e. The summed E-state index contributed by atoms with van der Waals surface area (Å²) < 4.78 is 0. The minimum atomic E-state index is 0. The summed E-state index contributed by atoms with van der Waals surface area (Å²) in [5, 5.41) is 0. The second-order valence-electron chi connectivity index (χ2n) is 3.08. The Balaban J connectivity index is 0. The second-order valence-corrected chi connectivity index (χ2v) is 3.08. The van der Waals surface area contributed by atoms with E-state index in [-0.39, 0.29) is 39.7 Å². The molecule has 0 aromatic heterocycles. The number of hydrogen-bond donors (Lipinski definition) is 0. The van der Waals surface area contributed by atoms with Crippen molar-refractivity contribution in [2.24, 2.45) is 0 Å². The first-order valence-corrected chi connectivity index (χ1v) is 5.34. The number of rotatable bonds is 0. The largest absolute Gasteiger partial charge is 4.00 e. The summed E-state index contributed by atoms with van der Waals surface area (Å²) in [6, 6.07) is 12.5. The number of hydrogen-bond acceptors (Lipinski definition) is 1. The third-order valence-corrected chi connectivity index (χ3v) is 1.78.